The molecule has 1 nitrogen and oxygen atoms in total. The van der Waals surface area contributed by atoms with Gasteiger partial charge in [-0.15, -0.1) is 11.8 Å². The summed E-state index contributed by atoms with van der Waals surface area (Å²) in [5.74, 6) is 0. The van der Waals surface area contributed by atoms with Crippen LogP contribution in [0.1, 0.15) is 17.2 Å². The van der Waals surface area contributed by atoms with Crippen molar-refractivity contribution in [1.82, 2.24) is 0 Å². The summed E-state index contributed by atoms with van der Waals surface area (Å²) in [6, 6.07) is 25.2. The minimum Gasteiger partial charge on any atom is -0.287 e. The van der Waals surface area contributed by atoms with Gasteiger partial charge in [-0.25, -0.2) is 0 Å². The lowest BCUT2D eigenvalue weighted by Crippen LogP contribution is -2.01. The quantitative estimate of drug-likeness (QED) is 0.384. The first kappa shape index (κ1) is 19.4. The van der Waals surface area contributed by atoms with Crippen LogP contribution < -0.4 is 0 Å². The summed E-state index contributed by atoms with van der Waals surface area (Å²) in [5, 5.41) is 1.55. The third-order valence-electron chi connectivity index (χ3n) is 3.66. The first-order valence-corrected chi connectivity index (χ1v) is 10.5. The highest BCUT2D eigenvalue weighted by Crippen LogP contribution is 2.40. The molecule has 0 N–H and O–H groups in total. The van der Waals surface area contributed by atoms with Gasteiger partial charge in [-0.2, -0.15) is 0 Å². The fourth-order valence-corrected chi connectivity index (χ4v) is 4.69. The van der Waals surface area contributed by atoms with Gasteiger partial charge in [-0.05, 0) is 54.1 Å². The van der Waals surface area contributed by atoms with Crippen LogP contribution in [0.3, 0.4) is 0 Å². The maximum absolute atomic E-state index is 12.6. The van der Waals surface area contributed by atoms with Crippen molar-refractivity contribution < 1.29 is 4.79 Å². The van der Waals surface area contributed by atoms with Crippen LogP contribution in [0.4, 0.5) is 0 Å². The van der Waals surface area contributed by atoms with E-state index in [-0.39, 0.29) is 10.4 Å². The Morgan fingerprint density at radius 1 is 0.769 bits per heavy atom. The van der Waals surface area contributed by atoms with Gasteiger partial charge in [0.1, 0.15) is 0 Å². The van der Waals surface area contributed by atoms with Crippen molar-refractivity contribution in [2.75, 3.05) is 0 Å². The average Bonchev–Trinajstić information content (AvgIpc) is 2.65. The van der Waals surface area contributed by atoms with Crippen LogP contribution in [0.15, 0.2) is 88.7 Å². The molecule has 3 aromatic carbocycles. The van der Waals surface area contributed by atoms with E-state index >= 15 is 0 Å². The van der Waals surface area contributed by atoms with E-state index in [0.717, 1.165) is 15.4 Å². The topological polar surface area (TPSA) is 17.1 Å². The van der Waals surface area contributed by atoms with E-state index in [4.69, 9.17) is 23.2 Å². The van der Waals surface area contributed by atoms with Gasteiger partial charge in [0.15, 0.2) is 5.12 Å². The van der Waals surface area contributed by atoms with Gasteiger partial charge in [0.2, 0.25) is 0 Å². The van der Waals surface area contributed by atoms with Gasteiger partial charge < -0.3 is 0 Å². The Hall–Kier alpha value is -1.39. The highest BCUT2D eigenvalue weighted by atomic mass is 35.5. The van der Waals surface area contributed by atoms with Crippen LogP contribution >= 0.6 is 46.7 Å². The number of halogens is 2. The molecule has 1 atom stereocenters. The molecule has 0 saturated heterocycles. The number of carbonyl (C=O) groups excluding carboxylic acids is 1. The van der Waals surface area contributed by atoms with Gasteiger partial charge in [0, 0.05) is 31.5 Å². The third kappa shape index (κ3) is 5.82. The molecule has 0 spiro atoms. The van der Waals surface area contributed by atoms with Crippen LogP contribution in [0.5, 0.6) is 0 Å². The molecule has 0 aliphatic carbocycles. The first-order chi connectivity index (χ1) is 12.6. The highest BCUT2D eigenvalue weighted by Gasteiger charge is 2.18. The van der Waals surface area contributed by atoms with E-state index in [0.29, 0.717) is 16.5 Å². The molecule has 1 unspecified atom stereocenters. The zero-order valence-corrected chi connectivity index (χ0v) is 16.9. The van der Waals surface area contributed by atoms with Gasteiger partial charge in [-0.1, -0.05) is 65.3 Å². The second kappa shape index (κ2) is 9.52. The summed E-state index contributed by atoms with van der Waals surface area (Å²) in [5.41, 5.74) is 1.14. The van der Waals surface area contributed by atoms with Crippen molar-refractivity contribution in [2.24, 2.45) is 0 Å². The van der Waals surface area contributed by atoms with Crippen molar-refractivity contribution in [2.45, 2.75) is 21.5 Å². The summed E-state index contributed by atoms with van der Waals surface area (Å²) in [4.78, 5) is 14.6. The predicted molar refractivity (Wildman–Crippen MR) is 113 cm³/mol. The molecule has 0 heterocycles. The van der Waals surface area contributed by atoms with Crippen LogP contribution in [-0.2, 0) is 4.79 Å². The van der Waals surface area contributed by atoms with Crippen molar-refractivity contribution in [1.29, 1.82) is 0 Å². The number of thioether (sulfide) groups is 2. The third-order valence-corrected chi connectivity index (χ3v) is 6.33. The Bertz CT molecular complexity index is 849. The van der Waals surface area contributed by atoms with E-state index in [2.05, 4.69) is 12.1 Å². The Kier molecular flexibility index (Phi) is 7.09. The summed E-state index contributed by atoms with van der Waals surface area (Å²) < 4.78 is 0. The lowest BCUT2D eigenvalue weighted by Gasteiger charge is -2.16. The number of hydrogen-bond acceptors (Lipinski definition) is 3. The van der Waals surface area contributed by atoms with E-state index in [1.807, 2.05) is 54.6 Å². The molecule has 26 heavy (non-hydrogen) atoms. The summed E-state index contributed by atoms with van der Waals surface area (Å²) >= 11 is 14.8. The zero-order chi connectivity index (χ0) is 18.4. The summed E-state index contributed by atoms with van der Waals surface area (Å²) in [6.07, 6.45) is 0.435. The van der Waals surface area contributed by atoms with Crippen LogP contribution in [0.2, 0.25) is 10.0 Å². The predicted octanol–water partition coefficient (Wildman–Crippen LogP) is 7.54. The number of carbonyl (C=O) groups is 1. The zero-order valence-electron chi connectivity index (χ0n) is 13.8. The molecule has 0 saturated carbocycles. The molecule has 0 bridgehead atoms. The Labute approximate surface area is 172 Å². The molecule has 3 aromatic rings. The van der Waals surface area contributed by atoms with Gasteiger partial charge in [0.05, 0.1) is 0 Å². The van der Waals surface area contributed by atoms with Gasteiger partial charge in [-0.3, -0.25) is 4.79 Å². The van der Waals surface area contributed by atoms with E-state index in [1.54, 1.807) is 23.9 Å². The van der Waals surface area contributed by atoms with E-state index in [9.17, 15) is 4.79 Å². The number of benzene rings is 3. The number of rotatable bonds is 6. The second-order valence-corrected chi connectivity index (χ2v) is 8.88. The molecular formula is C21H16Cl2OS2. The second-order valence-electron chi connectivity index (χ2n) is 5.60. The lowest BCUT2D eigenvalue weighted by atomic mass is 10.1. The summed E-state index contributed by atoms with van der Waals surface area (Å²) in [6.45, 7) is 0. The minimum atomic E-state index is 0.0460. The molecule has 3 rings (SSSR count). The average molecular weight is 419 g/mol. The first-order valence-electron chi connectivity index (χ1n) is 8.03. The van der Waals surface area contributed by atoms with Crippen molar-refractivity contribution in [3.8, 4) is 0 Å². The molecule has 0 aliphatic rings. The maximum Gasteiger partial charge on any atom is 0.195 e. The molecule has 0 amide bonds. The fourth-order valence-electron chi connectivity index (χ4n) is 2.40. The highest BCUT2D eigenvalue weighted by molar-refractivity contribution is 8.13. The van der Waals surface area contributed by atoms with Crippen LogP contribution in [0.25, 0.3) is 0 Å². The molecule has 0 aromatic heterocycles. The van der Waals surface area contributed by atoms with Crippen molar-refractivity contribution in [3.05, 3.63) is 94.5 Å². The Morgan fingerprint density at radius 3 is 1.88 bits per heavy atom. The van der Waals surface area contributed by atoms with E-state index < -0.39 is 0 Å². The Morgan fingerprint density at radius 2 is 1.31 bits per heavy atom. The van der Waals surface area contributed by atoms with E-state index in [1.165, 1.54) is 11.8 Å². The fraction of sp³-hybridized carbons (Fsp3) is 0.0952. The molecular weight excluding hydrogens is 403 g/mol. The molecule has 132 valence electrons. The molecule has 0 radical (unpaired) electrons. The normalized spacial score (nSPS) is 11.9. The number of hydrogen-bond donors (Lipinski definition) is 0. The molecule has 5 heteroatoms. The largest absolute Gasteiger partial charge is 0.287 e. The lowest BCUT2D eigenvalue weighted by molar-refractivity contribution is -0.111. The summed E-state index contributed by atoms with van der Waals surface area (Å²) in [7, 11) is 0. The maximum atomic E-state index is 12.6. The van der Waals surface area contributed by atoms with Crippen molar-refractivity contribution >= 4 is 51.8 Å². The monoisotopic (exact) mass is 418 g/mol. The SMILES string of the molecule is O=C(CC(Sc1ccc(Cl)cc1)c1ccccc1)Sc1ccc(Cl)cc1. The van der Waals surface area contributed by atoms with Crippen LogP contribution in [-0.4, -0.2) is 5.12 Å². The minimum absolute atomic E-state index is 0.0460. The standard InChI is InChI=1S/C21H16Cl2OS2/c22-16-6-10-18(11-7-16)25-20(15-4-2-1-3-5-15)14-21(24)26-19-12-8-17(23)9-13-19/h1-13,20H,14H2. The van der Waals surface area contributed by atoms with Gasteiger partial charge >= 0.3 is 0 Å². The molecule has 0 aliphatic heterocycles. The molecule has 0 fully saturated rings. The van der Waals surface area contributed by atoms with Crippen molar-refractivity contribution in [3.63, 3.8) is 0 Å². The van der Waals surface area contributed by atoms with Gasteiger partial charge in [0.25, 0.3) is 0 Å². The van der Waals surface area contributed by atoms with Crippen LogP contribution in [0, 0.1) is 0 Å². The smallest absolute Gasteiger partial charge is 0.195 e. The Balaban J connectivity index is 1.73.